The Hall–Kier alpha value is -2.83. The summed E-state index contributed by atoms with van der Waals surface area (Å²) in [5, 5.41) is 86.3. The molecule has 2 fully saturated rings. The summed E-state index contributed by atoms with van der Waals surface area (Å²) in [4.78, 5) is 13.1. The van der Waals surface area contributed by atoms with E-state index in [2.05, 4.69) is 92.1 Å². The van der Waals surface area contributed by atoms with Gasteiger partial charge in [0.2, 0.25) is 5.91 Å². The number of carbonyl (C=O) groups excluding carboxylic acids is 1. The fourth-order valence-electron chi connectivity index (χ4n) is 7.53. The van der Waals surface area contributed by atoms with Crippen LogP contribution in [0.4, 0.5) is 0 Å². The molecule has 14 nitrogen and oxygen atoms in total. The Labute approximate surface area is 395 Å². The van der Waals surface area contributed by atoms with E-state index in [1.807, 2.05) is 6.08 Å². The van der Waals surface area contributed by atoms with Gasteiger partial charge in [0.1, 0.15) is 48.8 Å². The maximum absolute atomic E-state index is 13.1. The lowest BCUT2D eigenvalue weighted by Gasteiger charge is -2.46. The molecule has 2 aliphatic rings. The van der Waals surface area contributed by atoms with Gasteiger partial charge in [0.25, 0.3) is 0 Å². The lowest BCUT2D eigenvalue weighted by Crippen LogP contribution is -2.65. The zero-order chi connectivity index (χ0) is 48.2. The fourth-order valence-corrected chi connectivity index (χ4v) is 7.53. The molecule has 12 atom stereocenters. The average molecular weight is 934 g/mol. The molecule has 14 heteroatoms. The van der Waals surface area contributed by atoms with Crippen molar-refractivity contribution in [1.29, 1.82) is 0 Å². The maximum atomic E-state index is 13.1. The molecule has 0 aromatic carbocycles. The number of aliphatic hydroxyl groups excluding tert-OH is 8. The molecule has 0 spiro atoms. The van der Waals surface area contributed by atoms with E-state index < -0.39 is 86.8 Å². The summed E-state index contributed by atoms with van der Waals surface area (Å²) in [6.45, 7) is 2.56. The zero-order valence-corrected chi connectivity index (χ0v) is 39.9. The van der Waals surface area contributed by atoms with E-state index in [0.717, 1.165) is 109 Å². The summed E-state index contributed by atoms with van der Waals surface area (Å²) in [5.41, 5.74) is 0. The molecule has 2 aliphatic heterocycles. The molecule has 66 heavy (non-hydrogen) atoms. The Morgan fingerprint density at radius 2 is 1.05 bits per heavy atom. The molecule has 0 aliphatic carbocycles. The van der Waals surface area contributed by atoms with Crippen LogP contribution in [-0.2, 0) is 23.7 Å². The van der Waals surface area contributed by atoms with Gasteiger partial charge in [-0.25, -0.2) is 0 Å². The van der Waals surface area contributed by atoms with Crippen molar-refractivity contribution in [3.8, 4) is 0 Å². The zero-order valence-electron chi connectivity index (χ0n) is 39.9. The monoisotopic (exact) mass is 934 g/mol. The van der Waals surface area contributed by atoms with E-state index in [1.165, 1.54) is 6.42 Å². The third-order valence-corrected chi connectivity index (χ3v) is 11.6. The second-order valence-corrected chi connectivity index (χ2v) is 17.2. The van der Waals surface area contributed by atoms with Crippen LogP contribution in [0.15, 0.2) is 85.1 Å². The van der Waals surface area contributed by atoms with Gasteiger partial charge in [0.05, 0.1) is 32.0 Å². The first-order valence-corrected chi connectivity index (χ1v) is 24.8. The molecule has 0 radical (unpaired) electrons. The van der Waals surface area contributed by atoms with Crippen molar-refractivity contribution in [3.05, 3.63) is 85.1 Å². The third-order valence-electron chi connectivity index (χ3n) is 11.6. The van der Waals surface area contributed by atoms with Gasteiger partial charge in [-0.3, -0.25) is 4.79 Å². The second-order valence-electron chi connectivity index (χ2n) is 17.2. The Kier molecular flexibility index (Phi) is 34.2. The highest BCUT2D eigenvalue weighted by molar-refractivity contribution is 5.76. The number of aliphatic hydroxyl groups is 8. The molecule has 2 rings (SSSR count). The highest BCUT2D eigenvalue weighted by Crippen LogP contribution is 2.30. The molecule has 2 heterocycles. The van der Waals surface area contributed by atoms with Crippen LogP contribution in [0.25, 0.3) is 0 Å². The van der Waals surface area contributed by atoms with Gasteiger partial charge < -0.3 is 65.1 Å². The van der Waals surface area contributed by atoms with Gasteiger partial charge in [0.15, 0.2) is 12.6 Å². The summed E-state index contributed by atoms with van der Waals surface area (Å²) in [6, 6.07) is -0.925. The van der Waals surface area contributed by atoms with Crippen molar-refractivity contribution >= 4 is 5.91 Å². The highest BCUT2D eigenvalue weighted by Gasteiger charge is 2.51. The van der Waals surface area contributed by atoms with Gasteiger partial charge in [-0.05, 0) is 70.6 Å². The van der Waals surface area contributed by atoms with Crippen LogP contribution >= 0.6 is 0 Å². The summed E-state index contributed by atoms with van der Waals surface area (Å²) >= 11 is 0. The predicted molar refractivity (Wildman–Crippen MR) is 258 cm³/mol. The fraction of sp³-hybridized carbons (Fsp3) is 0.712. The van der Waals surface area contributed by atoms with Gasteiger partial charge in [0, 0.05) is 6.42 Å². The van der Waals surface area contributed by atoms with Gasteiger partial charge in [-0.2, -0.15) is 0 Å². The van der Waals surface area contributed by atoms with E-state index in [-0.39, 0.29) is 18.9 Å². The highest BCUT2D eigenvalue weighted by atomic mass is 16.7. The van der Waals surface area contributed by atoms with Crippen LogP contribution in [0.2, 0.25) is 0 Å². The minimum atomic E-state index is -1.79. The summed E-state index contributed by atoms with van der Waals surface area (Å²) in [6.07, 6.45) is 32.3. The molecule has 0 aromatic rings. The number of hydrogen-bond donors (Lipinski definition) is 9. The molecular formula is C52H87NO13. The van der Waals surface area contributed by atoms with Crippen molar-refractivity contribution in [2.45, 2.75) is 216 Å². The Balaban J connectivity index is 1.75. The van der Waals surface area contributed by atoms with Crippen molar-refractivity contribution in [3.63, 3.8) is 0 Å². The third kappa shape index (κ3) is 25.0. The number of carbonyl (C=O) groups is 1. The lowest BCUT2D eigenvalue weighted by atomic mass is 9.97. The molecule has 0 aromatic heterocycles. The number of unbranched alkanes of at least 4 members (excludes halogenated alkanes) is 11. The molecule has 0 saturated carbocycles. The number of hydrogen-bond acceptors (Lipinski definition) is 13. The first kappa shape index (κ1) is 59.3. The van der Waals surface area contributed by atoms with Gasteiger partial charge in [-0.1, -0.05) is 150 Å². The largest absolute Gasteiger partial charge is 0.394 e. The molecule has 2 saturated heterocycles. The van der Waals surface area contributed by atoms with Crippen molar-refractivity contribution in [2.24, 2.45) is 0 Å². The molecule has 12 unspecified atom stereocenters. The first-order valence-electron chi connectivity index (χ1n) is 24.8. The standard InChI is InChI=1S/C52H87NO13/c1-3-5-7-9-11-12-13-14-15-16-17-18-19-20-21-22-23-24-25-26-27-28-30-32-34-36-44(57)53-40(41(56)35-33-31-29-10-8-6-4-2)39-63-51-49(62)47(60)50(43(38-55)65-51)66-52-48(61)46(59)45(58)42(37-54)64-52/h5,7,11-12,14-15,17-18,20-21,23-24,33,35,40-43,45-52,54-56,58-62H,3-4,6,8-10,13,16,19,22,25-32,34,36-39H2,1-2H3,(H,53,57)/b7-5-,12-11-,15-14-,18-17-,21-20-,24-23-,35-33+. The quantitative estimate of drug-likeness (QED) is 0.0252. The molecular weight excluding hydrogens is 847 g/mol. The van der Waals surface area contributed by atoms with Crippen LogP contribution in [0.5, 0.6) is 0 Å². The SMILES string of the molecule is CC/C=C\C/C=C\C/C=C\C/C=C\C/C=C\C/C=C\CCCCCCCCC(=O)NC(COC1OC(CO)C(OC2OC(CO)C(O)C(O)C2O)C(O)C1O)C(O)/C=C/CCCCCCC. The summed E-state index contributed by atoms with van der Waals surface area (Å²) in [5.74, 6) is -0.264. The Morgan fingerprint density at radius 1 is 0.561 bits per heavy atom. The topological polar surface area (TPSA) is 228 Å². The summed E-state index contributed by atoms with van der Waals surface area (Å²) < 4.78 is 22.6. The van der Waals surface area contributed by atoms with E-state index >= 15 is 0 Å². The predicted octanol–water partition coefficient (Wildman–Crippen LogP) is 6.21. The van der Waals surface area contributed by atoms with Crippen LogP contribution in [-0.4, -0.2) is 140 Å². The normalized spacial score (nSPS) is 27.5. The lowest BCUT2D eigenvalue weighted by molar-refractivity contribution is -0.359. The number of amides is 1. The second kappa shape index (κ2) is 38.1. The average Bonchev–Trinajstić information content (AvgIpc) is 3.31. The number of nitrogens with one attached hydrogen (secondary N) is 1. The number of ether oxygens (including phenoxy) is 4. The molecule has 378 valence electrons. The van der Waals surface area contributed by atoms with Crippen molar-refractivity contribution < 1.29 is 64.6 Å². The van der Waals surface area contributed by atoms with Crippen LogP contribution in [0.1, 0.15) is 142 Å². The van der Waals surface area contributed by atoms with Crippen molar-refractivity contribution in [1.82, 2.24) is 5.32 Å². The first-order chi connectivity index (χ1) is 32.1. The van der Waals surface area contributed by atoms with E-state index in [9.17, 15) is 45.6 Å². The molecule has 9 N–H and O–H groups in total. The van der Waals surface area contributed by atoms with E-state index in [1.54, 1.807) is 6.08 Å². The Morgan fingerprint density at radius 3 is 1.61 bits per heavy atom. The molecule has 0 bridgehead atoms. The maximum Gasteiger partial charge on any atom is 0.220 e. The minimum absolute atomic E-state index is 0.258. The van der Waals surface area contributed by atoms with Crippen LogP contribution in [0.3, 0.4) is 0 Å². The smallest absolute Gasteiger partial charge is 0.220 e. The van der Waals surface area contributed by atoms with Crippen LogP contribution in [0, 0.1) is 0 Å². The number of rotatable bonds is 36. The van der Waals surface area contributed by atoms with Crippen molar-refractivity contribution in [2.75, 3.05) is 19.8 Å². The van der Waals surface area contributed by atoms with E-state index in [0.29, 0.717) is 6.42 Å². The number of allylic oxidation sites excluding steroid dienone is 13. The minimum Gasteiger partial charge on any atom is -0.394 e. The van der Waals surface area contributed by atoms with Gasteiger partial charge >= 0.3 is 0 Å². The summed E-state index contributed by atoms with van der Waals surface area (Å²) in [7, 11) is 0. The van der Waals surface area contributed by atoms with E-state index in [4.69, 9.17) is 18.9 Å². The molecule has 1 amide bonds. The Bertz CT molecular complexity index is 1430. The van der Waals surface area contributed by atoms with Gasteiger partial charge in [-0.15, -0.1) is 0 Å². The van der Waals surface area contributed by atoms with Crippen LogP contribution < -0.4 is 5.32 Å².